The minimum Gasteiger partial charge on any atom is -0.333 e. The van der Waals surface area contributed by atoms with Crippen molar-refractivity contribution >= 4 is 17.5 Å². The van der Waals surface area contributed by atoms with Crippen molar-refractivity contribution in [2.75, 3.05) is 18.4 Å². The summed E-state index contributed by atoms with van der Waals surface area (Å²) in [5.41, 5.74) is 0.732. The predicted octanol–water partition coefficient (Wildman–Crippen LogP) is 1.05. The fourth-order valence-electron chi connectivity index (χ4n) is 1.72. The molecule has 2 rings (SSSR count). The molecule has 0 unspecified atom stereocenters. The average Bonchev–Trinajstić information content (AvgIpc) is 2.66. The first-order valence-corrected chi connectivity index (χ1v) is 5.29. The van der Waals surface area contributed by atoms with E-state index in [1.165, 1.54) is 0 Å². The van der Waals surface area contributed by atoms with Gasteiger partial charge in [-0.15, -0.1) is 0 Å². The van der Waals surface area contributed by atoms with Gasteiger partial charge in [-0.2, -0.15) is 0 Å². The van der Waals surface area contributed by atoms with Crippen LogP contribution in [0.3, 0.4) is 0 Å². The van der Waals surface area contributed by atoms with Crippen molar-refractivity contribution < 1.29 is 9.59 Å². The fraction of sp³-hybridized carbons (Fsp3) is 0.333. The summed E-state index contributed by atoms with van der Waals surface area (Å²) in [5.74, 6) is -0.0852. The second-order valence-electron chi connectivity index (χ2n) is 3.76. The molecular weight excluding hydrogens is 204 g/mol. The molecule has 1 saturated heterocycles. The number of hydrogen-bond donors (Lipinski definition) is 1. The molecule has 0 bridgehead atoms. The van der Waals surface area contributed by atoms with Crippen molar-refractivity contribution in [2.24, 2.45) is 0 Å². The Morgan fingerprint density at radius 1 is 1.44 bits per heavy atom. The van der Waals surface area contributed by atoms with Crippen LogP contribution in [0.5, 0.6) is 0 Å². The molecule has 0 saturated carbocycles. The third-order valence-corrected chi connectivity index (χ3v) is 2.51. The minimum absolute atomic E-state index is 0.0662. The molecule has 0 aromatic heterocycles. The topological polar surface area (TPSA) is 49.4 Å². The number of nitrogens with zero attached hydrogens (tertiary/aromatic N) is 1. The molecule has 1 aromatic rings. The first-order valence-electron chi connectivity index (χ1n) is 5.29. The highest BCUT2D eigenvalue weighted by atomic mass is 16.2. The van der Waals surface area contributed by atoms with Gasteiger partial charge in [0.2, 0.25) is 11.8 Å². The lowest BCUT2D eigenvalue weighted by atomic mass is 10.3. The summed E-state index contributed by atoms with van der Waals surface area (Å²) >= 11 is 0. The monoisotopic (exact) mass is 217 g/mol. The largest absolute Gasteiger partial charge is 0.333 e. The van der Waals surface area contributed by atoms with E-state index in [0.29, 0.717) is 13.0 Å². The number of nitrogens with one attached hydrogen (secondary N) is 1. The van der Waals surface area contributed by atoms with E-state index in [9.17, 15) is 9.59 Å². The SMILES string of the molecule is O=C(CN1CCCC1=O)Nc1cc[c]cc1. The molecule has 1 heterocycles. The van der Waals surface area contributed by atoms with Crippen molar-refractivity contribution in [2.45, 2.75) is 12.8 Å². The van der Waals surface area contributed by atoms with Crippen molar-refractivity contribution in [3.63, 3.8) is 0 Å². The number of carbonyl (C=O) groups is 2. The first-order chi connectivity index (χ1) is 7.75. The molecule has 83 valence electrons. The smallest absolute Gasteiger partial charge is 0.243 e. The number of likely N-dealkylation sites (tertiary alicyclic amines) is 1. The van der Waals surface area contributed by atoms with Crippen molar-refractivity contribution in [3.05, 3.63) is 30.3 Å². The van der Waals surface area contributed by atoms with Gasteiger partial charge in [-0.1, -0.05) is 12.1 Å². The van der Waals surface area contributed by atoms with Crippen LogP contribution in [0.1, 0.15) is 12.8 Å². The maximum absolute atomic E-state index is 11.6. The van der Waals surface area contributed by atoms with Crippen LogP contribution in [0.25, 0.3) is 0 Å². The summed E-state index contributed by atoms with van der Waals surface area (Å²) in [6, 6.07) is 9.87. The summed E-state index contributed by atoms with van der Waals surface area (Å²) in [7, 11) is 0. The van der Waals surface area contributed by atoms with Gasteiger partial charge in [-0.05, 0) is 24.6 Å². The molecule has 0 spiro atoms. The highest BCUT2D eigenvalue weighted by Crippen LogP contribution is 2.10. The van der Waals surface area contributed by atoms with Crippen LogP contribution in [-0.4, -0.2) is 29.8 Å². The predicted molar refractivity (Wildman–Crippen MR) is 59.7 cm³/mol. The minimum atomic E-state index is -0.151. The van der Waals surface area contributed by atoms with Crippen LogP contribution in [0.4, 0.5) is 5.69 Å². The maximum atomic E-state index is 11.6. The van der Waals surface area contributed by atoms with Crippen LogP contribution < -0.4 is 5.32 Å². The molecule has 1 fully saturated rings. The number of carbonyl (C=O) groups excluding carboxylic acids is 2. The lowest BCUT2D eigenvalue weighted by Gasteiger charge is -2.14. The Bertz CT molecular complexity index is 389. The number of hydrogen-bond acceptors (Lipinski definition) is 2. The Labute approximate surface area is 94.2 Å². The number of anilines is 1. The van der Waals surface area contributed by atoms with Crippen LogP contribution in [0.15, 0.2) is 24.3 Å². The van der Waals surface area contributed by atoms with E-state index in [2.05, 4.69) is 11.4 Å². The molecule has 1 aliphatic heterocycles. The molecule has 2 amide bonds. The Morgan fingerprint density at radius 3 is 2.81 bits per heavy atom. The normalized spacial score (nSPS) is 15.2. The van der Waals surface area contributed by atoms with Crippen LogP contribution in [0.2, 0.25) is 0 Å². The Hall–Kier alpha value is -1.84. The van der Waals surface area contributed by atoms with Gasteiger partial charge in [0.25, 0.3) is 0 Å². The van der Waals surface area contributed by atoms with E-state index < -0.39 is 0 Å². The zero-order valence-electron chi connectivity index (χ0n) is 8.90. The molecule has 4 heteroatoms. The third kappa shape index (κ3) is 2.59. The van der Waals surface area contributed by atoms with E-state index in [-0.39, 0.29) is 18.4 Å². The fourth-order valence-corrected chi connectivity index (χ4v) is 1.72. The quantitative estimate of drug-likeness (QED) is 0.822. The van der Waals surface area contributed by atoms with E-state index in [1.807, 2.05) is 0 Å². The van der Waals surface area contributed by atoms with Gasteiger partial charge in [0, 0.05) is 18.7 Å². The summed E-state index contributed by atoms with van der Waals surface area (Å²) in [5, 5.41) is 2.74. The van der Waals surface area contributed by atoms with Gasteiger partial charge in [-0.25, -0.2) is 0 Å². The van der Waals surface area contributed by atoms with Crippen LogP contribution >= 0.6 is 0 Å². The van der Waals surface area contributed by atoms with E-state index in [0.717, 1.165) is 12.1 Å². The summed E-state index contributed by atoms with van der Waals surface area (Å²) in [4.78, 5) is 24.5. The molecule has 4 nitrogen and oxygen atoms in total. The second-order valence-corrected chi connectivity index (χ2v) is 3.76. The van der Waals surface area contributed by atoms with Gasteiger partial charge >= 0.3 is 0 Å². The third-order valence-electron chi connectivity index (χ3n) is 2.51. The second kappa shape index (κ2) is 4.79. The molecule has 1 N–H and O–H groups in total. The Kier molecular flexibility index (Phi) is 3.19. The zero-order chi connectivity index (χ0) is 11.4. The van der Waals surface area contributed by atoms with Crippen molar-refractivity contribution in [3.8, 4) is 0 Å². The molecule has 1 aromatic carbocycles. The molecule has 0 aliphatic carbocycles. The zero-order valence-corrected chi connectivity index (χ0v) is 8.90. The molecule has 0 atom stereocenters. The Morgan fingerprint density at radius 2 is 2.19 bits per heavy atom. The first kappa shape index (κ1) is 10.7. The highest BCUT2D eigenvalue weighted by Gasteiger charge is 2.22. The number of benzene rings is 1. The number of amides is 2. The van der Waals surface area contributed by atoms with Gasteiger partial charge in [-0.3, -0.25) is 9.59 Å². The summed E-state index contributed by atoms with van der Waals surface area (Å²) in [6.45, 7) is 0.840. The summed E-state index contributed by atoms with van der Waals surface area (Å²) in [6.07, 6.45) is 1.42. The molecule has 1 radical (unpaired) electrons. The molecule has 16 heavy (non-hydrogen) atoms. The van der Waals surface area contributed by atoms with Gasteiger partial charge in [0.05, 0.1) is 6.54 Å². The lowest BCUT2D eigenvalue weighted by Crippen LogP contribution is -2.33. The van der Waals surface area contributed by atoms with E-state index in [1.54, 1.807) is 29.2 Å². The molecular formula is C12H13N2O2. The van der Waals surface area contributed by atoms with Gasteiger partial charge in [0.15, 0.2) is 0 Å². The van der Waals surface area contributed by atoms with E-state index in [4.69, 9.17) is 0 Å². The van der Waals surface area contributed by atoms with Gasteiger partial charge in [0.1, 0.15) is 0 Å². The lowest BCUT2D eigenvalue weighted by molar-refractivity contribution is -0.131. The standard InChI is InChI=1S/C12H13N2O2/c15-11(9-14-8-4-7-12(14)16)13-10-5-2-1-3-6-10/h2-3,5-6H,4,7-9H2,(H,13,15). The Balaban J connectivity index is 1.87. The number of rotatable bonds is 3. The summed E-state index contributed by atoms with van der Waals surface area (Å²) < 4.78 is 0. The maximum Gasteiger partial charge on any atom is 0.243 e. The highest BCUT2D eigenvalue weighted by molar-refractivity contribution is 5.94. The van der Waals surface area contributed by atoms with Crippen molar-refractivity contribution in [1.29, 1.82) is 0 Å². The van der Waals surface area contributed by atoms with Crippen LogP contribution in [0, 0.1) is 6.07 Å². The van der Waals surface area contributed by atoms with Gasteiger partial charge < -0.3 is 10.2 Å². The molecule has 1 aliphatic rings. The van der Waals surface area contributed by atoms with Crippen molar-refractivity contribution in [1.82, 2.24) is 4.90 Å². The van der Waals surface area contributed by atoms with E-state index >= 15 is 0 Å². The van der Waals surface area contributed by atoms with Crippen LogP contribution in [-0.2, 0) is 9.59 Å². The average molecular weight is 217 g/mol.